The molecule has 9 heteroatoms. The number of aryl methyl sites for hydroxylation is 1. The van der Waals surface area contributed by atoms with Crippen molar-refractivity contribution in [3.8, 4) is 5.75 Å². The number of carbonyl (C=O) groups excluding carboxylic acids is 1. The molecule has 2 rings (SSSR count). The predicted octanol–water partition coefficient (Wildman–Crippen LogP) is 2.54. The van der Waals surface area contributed by atoms with Gasteiger partial charge in [-0.05, 0) is 19.4 Å². The van der Waals surface area contributed by atoms with Gasteiger partial charge in [-0.1, -0.05) is 0 Å². The molecule has 5 nitrogen and oxygen atoms in total. The van der Waals surface area contributed by atoms with Crippen LogP contribution in [-0.4, -0.2) is 48.3 Å². The highest BCUT2D eigenvalue weighted by Crippen LogP contribution is 2.46. The number of hydrogen-bond donors (Lipinski definition) is 1. The highest BCUT2D eigenvalue weighted by atomic mass is 32.1. The van der Waals surface area contributed by atoms with Gasteiger partial charge in [0.1, 0.15) is 10.6 Å². The molecule has 1 aromatic rings. The van der Waals surface area contributed by atoms with Gasteiger partial charge < -0.3 is 14.7 Å². The lowest BCUT2D eigenvalue weighted by Gasteiger charge is -2.27. The molecule has 22 heavy (non-hydrogen) atoms. The van der Waals surface area contributed by atoms with E-state index >= 15 is 0 Å². The van der Waals surface area contributed by atoms with Crippen LogP contribution in [0.25, 0.3) is 0 Å². The number of thiophene rings is 1. The second-order valence-corrected chi connectivity index (χ2v) is 6.37. The van der Waals surface area contributed by atoms with Gasteiger partial charge in [0.05, 0.1) is 7.11 Å². The van der Waals surface area contributed by atoms with E-state index in [0.29, 0.717) is 0 Å². The van der Waals surface area contributed by atoms with E-state index in [1.165, 1.54) is 7.11 Å². The number of carbonyl (C=O) groups is 2. The number of carboxylic acids is 1. The zero-order chi connectivity index (χ0) is 16.7. The number of likely N-dealkylation sites (tertiary alicyclic amines) is 1. The fourth-order valence-corrected chi connectivity index (χ4v) is 3.39. The molecule has 1 saturated heterocycles. The van der Waals surface area contributed by atoms with Crippen molar-refractivity contribution in [2.24, 2.45) is 5.41 Å². The minimum absolute atomic E-state index is 0.184. The number of hydrogen-bond acceptors (Lipinski definition) is 4. The number of ether oxygens (including phenoxy) is 1. The number of methoxy groups -OCH3 is 1. The predicted molar refractivity (Wildman–Crippen MR) is 72.3 cm³/mol. The number of alkyl halides is 3. The van der Waals surface area contributed by atoms with Crippen molar-refractivity contribution < 1.29 is 32.6 Å². The van der Waals surface area contributed by atoms with E-state index in [-0.39, 0.29) is 17.2 Å². The molecule has 0 saturated carbocycles. The lowest BCUT2D eigenvalue weighted by Crippen LogP contribution is -2.47. The van der Waals surface area contributed by atoms with Crippen molar-refractivity contribution in [1.82, 2.24) is 4.90 Å². The van der Waals surface area contributed by atoms with Crippen LogP contribution in [0, 0.1) is 12.3 Å². The molecule has 1 aromatic heterocycles. The Morgan fingerprint density at radius 3 is 2.55 bits per heavy atom. The first-order valence-electron chi connectivity index (χ1n) is 6.36. The van der Waals surface area contributed by atoms with Gasteiger partial charge >= 0.3 is 12.1 Å². The molecule has 1 aliphatic heterocycles. The van der Waals surface area contributed by atoms with Crippen molar-refractivity contribution in [3.63, 3.8) is 0 Å². The van der Waals surface area contributed by atoms with E-state index in [2.05, 4.69) is 0 Å². The third-order valence-corrected chi connectivity index (χ3v) is 4.76. The molecule has 1 amide bonds. The van der Waals surface area contributed by atoms with Gasteiger partial charge in [-0.25, -0.2) is 0 Å². The summed E-state index contributed by atoms with van der Waals surface area (Å²) in [5.74, 6) is -2.31. The minimum atomic E-state index is -4.91. The minimum Gasteiger partial charge on any atom is -0.495 e. The first-order chi connectivity index (χ1) is 10.1. The van der Waals surface area contributed by atoms with E-state index in [9.17, 15) is 22.8 Å². The Kier molecular flexibility index (Phi) is 4.12. The molecule has 0 spiro atoms. The van der Waals surface area contributed by atoms with E-state index in [4.69, 9.17) is 9.84 Å². The number of amides is 1. The van der Waals surface area contributed by atoms with Crippen LogP contribution in [-0.2, 0) is 4.79 Å². The van der Waals surface area contributed by atoms with Crippen molar-refractivity contribution in [2.75, 3.05) is 20.2 Å². The summed E-state index contributed by atoms with van der Waals surface area (Å²) in [4.78, 5) is 25.4. The molecule has 0 aromatic carbocycles. The second kappa shape index (κ2) is 5.45. The number of aliphatic carboxylic acids is 1. The molecule has 1 N–H and O–H groups in total. The van der Waals surface area contributed by atoms with E-state index in [1.54, 1.807) is 13.0 Å². The Labute approximate surface area is 128 Å². The maximum atomic E-state index is 13.1. The van der Waals surface area contributed by atoms with Crippen molar-refractivity contribution in [3.05, 3.63) is 15.8 Å². The third-order valence-electron chi connectivity index (χ3n) is 3.74. The second-order valence-electron chi connectivity index (χ2n) is 5.12. The summed E-state index contributed by atoms with van der Waals surface area (Å²) in [6, 6.07) is 1.61. The van der Waals surface area contributed by atoms with Gasteiger partial charge in [-0.15, -0.1) is 11.3 Å². The van der Waals surface area contributed by atoms with Gasteiger partial charge in [-0.3, -0.25) is 9.59 Å². The Hall–Kier alpha value is -1.77. The Balaban J connectivity index is 2.29. The molecular formula is C13H14F3NO4S. The molecule has 1 unspecified atom stereocenters. The quantitative estimate of drug-likeness (QED) is 0.920. The lowest BCUT2D eigenvalue weighted by atomic mass is 9.86. The summed E-state index contributed by atoms with van der Waals surface area (Å²) in [6.07, 6.45) is -5.56. The first-order valence-corrected chi connectivity index (χ1v) is 7.18. The molecule has 122 valence electrons. The Bertz CT molecular complexity index is 613. The topological polar surface area (TPSA) is 66.8 Å². The highest BCUT2D eigenvalue weighted by Gasteiger charge is 2.64. The SMILES string of the molecule is COc1cc(C)sc1C(=O)N1CCC(C(=O)O)(C(F)(F)F)C1. The molecule has 0 radical (unpaired) electrons. The van der Waals surface area contributed by atoms with Crippen LogP contribution in [0.5, 0.6) is 5.75 Å². The van der Waals surface area contributed by atoms with Crippen molar-refractivity contribution in [1.29, 1.82) is 0 Å². The van der Waals surface area contributed by atoms with E-state index < -0.39 is 36.4 Å². The van der Waals surface area contributed by atoms with Crippen LogP contribution in [0.15, 0.2) is 6.07 Å². The standard InChI is InChI=1S/C13H14F3NO4S/c1-7-5-8(21-2)9(22-7)10(18)17-4-3-12(6-17,11(19)20)13(14,15)16/h5H,3-4,6H2,1-2H3,(H,19,20). The monoisotopic (exact) mass is 337 g/mol. The number of carboxylic acid groups (broad SMARTS) is 1. The molecule has 1 aliphatic rings. The number of nitrogens with zero attached hydrogens (tertiary/aromatic N) is 1. The fourth-order valence-electron chi connectivity index (χ4n) is 2.45. The maximum Gasteiger partial charge on any atom is 0.406 e. The van der Waals surface area contributed by atoms with Crippen molar-refractivity contribution in [2.45, 2.75) is 19.5 Å². The normalized spacial score (nSPS) is 22.0. The highest BCUT2D eigenvalue weighted by molar-refractivity contribution is 7.14. The van der Waals surface area contributed by atoms with Crippen LogP contribution in [0.1, 0.15) is 21.0 Å². The average Bonchev–Trinajstić information content (AvgIpc) is 3.01. The van der Waals surface area contributed by atoms with Gasteiger partial charge in [0, 0.05) is 18.0 Å². The van der Waals surface area contributed by atoms with Crippen LogP contribution in [0.3, 0.4) is 0 Å². The smallest absolute Gasteiger partial charge is 0.406 e. The molecular weight excluding hydrogens is 323 g/mol. The van der Waals surface area contributed by atoms with Gasteiger partial charge in [-0.2, -0.15) is 13.2 Å². The summed E-state index contributed by atoms with van der Waals surface area (Å²) in [7, 11) is 1.36. The van der Waals surface area contributed by atoms with Crippen molar-refractivity contribution >= 4 is 23.2 Å². The largest absolute Gasteiger partial charge is 0.495 e. The van der Waals surface area contributed by atoms with Crippen LogP contribution >= 0.6 is 11.3 Å². The summed E-state index contributed by atoms with van der Waals surface area (Å²) >= 11 is 1.11. The number of rotatable bonds is 3. The lowest BCUT2D eigenvalue weighted by molar-refractivity contribution is -0.227. The Morgan fingerprint density at radius 1 is 1.45 bits per heavy atom. The van der Waals surface area contributed by atoms with E-state index in [0.717, 1.165) is 21.1 Å². The zero-order valence-electron chi connectivity index (χ0n) is 11.9. The van der Waals surface area contributed by atoms with Gasteiger partial charge in [0.15, 0.2) is 5.41 Å². The fraction of sp³-hybridized carbons (Fsp3) is 0.538. The van der Waals surface area contributed by atoms with Crippen LogP contribution < -0.4 is 4.74 Å². The molecule has 1 atom stereocenters. The maximum absolute atomic E-state index is 13.1. The van der Waals surface area contributed by atoms with Gasteiger partial charge in [0.2, 0.25) is 0 Å². The number of halogens is 3. The van der Waals surface area contributed by atoms with Crippen LogP contribution in [0.4, 0.5) is 13.2 Å². The first kappa shape index (κ1) is 16.6. The molecule has 0 aliphatic carbocycles. The van der Waals surface area contributed by atoms with Crippen LogP contribution in [0.2, 0.25) is 0 Å². The molecule has 0 bridgehead atoms. The molecule has 2 heterocycles. The summed E-state index contributed by atoms with van der Waals surface area (Å²) in [5.41, 5.74) is -2.90. The zero-order valence-corrected chi connectivity index (χ0v) is 12.7. The molecule has 1 fully saturated rings. The summed E-state index contributed by atoms with van der Waals surface area (Å²) in [6.45, 7) is 0.598. The van der Waals surface area contributed by atoms with Gasteiger partial charge in [0.25, 0.3) is 5.91 Å². The third kappa shape index (κ3) is 2.53. The summed E-state index contributed by atoms with van der Waals surface area (Å²) < 4.78 is 44.4. The average molecular weight is 337 g/mol. The Morgan fingerprint density at radius 2 is 2.09 bits per heavy atom. The van der Waals surface area contributed by atoms with E-state index in [1.807, 2.05) is 0 Å². The summed E-state index contributed by atoms with van der Waals surface area (Å²) in [5, 5.41) is 8.99.